The number of ether oxygens (including phenoxy) is 2. The van der Waals surface area contributed by atoms with E-state index in [0.29, 0.717) is 32.1 Å². The zero-order valence-electron chi connectivity index (χ0n) is 12.6. The van der Waals surface area contributed by atoms with Gasteiger partial charge in [0.2, 0.25) is 0 Å². The molecule has 0 fully saturated rings. The molecule has 0 aliphatic heterocycles. The number of amides is 1. The second-order valence-electron chi connectivity index (χ2n) is 4.55. The van der Waals surface area contributed by atoms with Gasteiger partial charge < -0.3 is 9.47 Å². The average molecular weight is 388 g/mol. The van der Waals surface area contributed by atoms with Crippen molar-refractivity contribution >= 4 is 46.9 Å². The Bertz CT molecular complexity index is 749. The highest BCUT2D eigenvalue weighted by atomic mass is 35.5. The van der Waals surface area contributed by atoms with Gasteiger partial charge in [0.15, 0.2) is 6.61 Å². The van der Waals surface area contributed by atoms with Gasteiger partial charge in [0.25, 0.3) is 5.91 Å². The van der Waals surface area contributed by atoms with E-state index in [1.54, 1.807) is 36.4 Å². The van der Waals surface area contributed by atoms with Gasteiger partial charge in [-0.05, 0) is 36.4 Å². The number of hydrogen-bond donors (Lipinski definition) is 1. The van der Waals surface area contributed by atoms with Crippen LogP contribution in [0.25, 0.3) is 0 Å². The topological polar surface area (TPSA) is 59.9 Å². The lowest BCUT2D eigenvalue weighted by Gasteiger charge is -2.07. The summed E-state index contributed by atoms with van der Waals surface area (Å²) in [6.45, 7) is -0.188. The highest BCUT2D eigenvalue weighted by Gasteiger charge is 2.08. The van der Waals surface area contributed by atoms with Crippen LogP contribution in [0.2, 0.25) is 15.1 Å². The maximum absolute atomic E-state index is 11.7. The van der Waals surface area contributed by atoms with Crippen molar-refractivity contribution in [1.29, 1.82) is 0 Å². The molecule has 0 saturated heterocycles. The Morgan fingerprint density at radius 1 is 1.17 bits per heavy atom. The third-order valence-corrected chi connectivity index (χ3v) is 3.57. The minimum absolute atomic E-state index is 0.188. The molecule has 24 heavy (non-hydrogen) atoms. The molecule has 8 heteroatoms. The van der Waals surface area contributed by atoms with Crippen LogP contribution in [0, 0.1) is 0 Å². The fourth-order valence-corrected chi connectivity index (χ4v) is 2.49. The Morgan fingerprint density at radius 3 is 2.54 bits per heavy atom. The second kappa shape index (κ2) is 8.78. The van der Waals surface area contributed by atoms with Crippen LogP contribution in [0.3, 0.4) is 0 Å². The molecule has 0 aliphatic carbocycles. The van der Waals surface area contributed by atoms with E-state index in [1.807, 2.05) is 0 Å². The van der Waals surface area contributed by atoms with Crippen molar-refractivity contribution in [2.45, 2.75) is 0 Å². The Morgan fingerprint density at radius 2 is 1.88 bits per heavy atom. The van der Waals surface area contributed by atoms with Gasteiger partial charge in [-0.2, -0.15) is 5.10 Å². The molecule has 0 saturated carbocycles. The number of halogens is 3. The van der Waals surface area contributed by atoms with E-state index in [9.17, 15) is 4.79 Å². The molecule has 126 valence electrons. The maximum Gasteiger partial charge on any atom is 0.277 e. The summed E-state index contributed by atoms with van der Waals surface area (Å²) >= 11 is 17.7. The minimum atomic E-state index is -0.423. The van der Waals surface area contributed by atoms with Gasteiger partial charge >= 0.3 is 0 Å². The van der Waals surface area contributed by atoms with E-state index in [4.69, 9.17) is 44.3 Å². The number of carbonyl (C=O) groups excluding carboxylic acids is 1. The summed E-state index contributed by atoms with van der Waals surface area (Å²) in [6, 6.07) is 9.84. The Labute approximate surface area is 154 Å². The highest BCUT2D eigenvalue weighted by Crippen LogP contribution is 2.31. The van der Waals surface area contributed by atoms with Crippen molar-refractivity contribution in [3.8, 4) is 11.5 Å². The molecular weight excluding hydrogens is 375 g/mol. The fourth-order valence-electron chi connectivity index (χ4n) is 1.78. The number of nitrogens with zero attached hydrogens (tertiary/aromatic N) is 1. The molecule has 0 radical (unpaired) electrons. The molecule has 0 unspecified atom stereocenters. The largest absolute Gasteiger partial charge is 0.495 e. The summed E-state index contributed by atoms with van der Waals surface area (Å²) in [4.78, 5) is 11.7. The van der Waals surface area contributed by atoms with Crippen LogP contribution in [0.15, 0.2) is 41.5 Å². The predicted molar refractivity (Wildman–Crippen MR) is 95.7 cm³/mol. The molecule has 0 bridgehead atoms. The summed E-state index contributed by atoms with van der Waals surface area (Å²) in [5.41, 5.74) is 2.88. The lowest BCUT2D eigenvalue weighted by molar-refractivity contribution is -0.123. The summed E-state index contributed by atoms with van der Waals surface area (Å²) in [5, 5.41) is 5.21. The van der Waals surface area contributed by atoms with Crippen LogP contribution >= 0.6 is 34.8 Å². The van der Waals surface area contributed by atoms with Gasteiger partial charge in [0, 0.05) is 15.6 Å². The van der Waals surface area contributed by atoms with Crippen LogP contribution in [0.4, 0.5) is 0 Å². The van der Waals surface area contributed by atoms with Crippen LogP contribution in [0.1, 0.15) is 5.56 Å². The van der Waals surface area contributed by atoms with Crippen LogP contribution in [0.5, 0.6) is 11.5 Å². The molecule has 0 heterocycles. The first-order valence-electron chi connectivity index (χ1n) is 6.73. The van der Waals surface area contributed by atoms with Crippen LogP contribution in [-0.2, 0) is 4.79 Å². The standard InChI is InChI=1S/C16H13Cl3N2O3/c1-23-16-10(6-12(18)7-14(16)19)8-20-21-15(22)9-24-13-4-2-11(17)3-5-13/h2-8H,9H2,1H3,(H,21,22). The van der Waals surface area contributed by atoms with Gasteiger partial charge in [-0.25, -0.2) is 5.43 Å². The Hall–Kier alpha value is -1.95. The second-order valence-corrected chi connectivity index (χ2v) is 5.83. The van der Waals surface area contributed by atoms with Crippen molar-refractivity contribution in [3.63, 3.8) is 0 Å². The smallest absolute Gasteiger partial charge is 0.277 e. The number of hydrogen-bond acceptors (Lipinski definition) is 4. The highest BCUT2D eigenvalue weighted by molar-refractivity contribution is 6.36. The van der Waals surface area contributed by atoms with Gasteiger partial charge in [-0.15, -0.1) is 0 Å². The third-order valence-electron chi connectivity index (χ3n) is 2.82. The van der Waals surface area contributed by atoms with Gasteiger partial charge in [-0.3, -0.25) is 4.79 Å². The fraction of sp³-hybridized carbons (Fsp3) is 0.125. The number of benzene rings is 2. The summed E-state index contributed by atoms with van der Waals surface area (Å²) < 4.78 is 10.5. The van der Waals surface area contributed by atoms with Crippen molar-refractivity contribution in [1.82, 2.24) is 5.43 Å². The van der Waals surface area contributed by atoms with Crippen LogP contribution in [-0.4, -0.2) is 25.8 Å². The van der Waals surface area contributed by atoms with Crippen molar-refractivity contribution < 1.29 is 14.3 Å². The lowest BCUT2D eigenvalue weighted by atomic mass is 10.2. The molecule has 0 aromatic heterocycles. The number of methoxy groups -OCH3 is 1. The molecule has 1 amide bonds. The first-order valence-corrected chi connectivity index (χ1v) is 7.86. The van der Waals surface area contributed by atoms with E-state index in [1.165, 1.54) is 13.3 Å². The quantitative estimate of drug-likeness (QED) is 0.597. The van der Waals surface area contributed by atoms with Crippen molar-refractivity contribution in [2.75, 3.05) is 13.7 Å². The molecule has 5 nitrogen and oxygen atoms in total. The maximum atomic E-state index is 11.7. The average Bonchev–Trinajstić information content (AvgIpc) is 2.54. The van der Waals surface area contributed by atoms with Gasteiger partial charge in [0.1, 0.15) is 11.5 Å². The Balaban J connectivity index is 1.91. The van der Waals surface area contributed by atoms with E-state index < -0.39 is 5.91 Å². The number of hydrazone groups is 1. The molecular formula is C16H13Cl3N2O3. The zero-order chi connectivity index (χ0) is 17.5. The molecule has 0 spiro atoms. The number of carbonyl (C=O) groups is 1. The van der Waals surface area contributed by atoms with E-state index in [-0.39, 0.29) is 6.61 Å². The van der Waals surface area contributed by atoms with Crippen LogP contribution < -0.4 is 14.9 Å². The monoisotopic (exact) mass is 386 g/mol. The molecule has 0 atom stereocenters. The van der Waals surface area contributed by atoms with Crippen molar-refractivity contribution in [2.24, 2.45) is 5.10 Å². The molecule has 2 aromatic carbocycles. The van der Waals surface area contributed by atoms with E-state index >= 15 is 0 Å². The first kappa shape index (κ1) is 18.4. The number of nitrogens with one attached hydrogen (secondary N) is 1. The van der Waals surface area contributed by atoms with E-state index in [2.05, 4.69) is 10.5 Å². The molecule has 2 rings (SSSR count). The normalized spacial score (nSPS) is 10.7. The molecule has 2 aromatic rings. The van der Waals surface area contributed by atoms with Gasteiger partial charge in [0.05, 0.1) is 18.3 Å². The molecule has 1 N–H and O–H groups in total. The van der Waals surface area contributed by atoms with Crippen molar-refractivity contribution in [3.05, 3.63) is 57.0 Å². The summed E-state index contributed by atoms with van der Waals surface area (Å²) in [5.74, 6) is 0.520. The minimum Gasteiger partial charge on any atom is -0.495 e. The third kappa shape index (κ3) is 5.30. The molecule has 0 aliphatic rings. The van der Waals surface area contributed by atoms with Gasteiger partial charge in [-0.1, -0.05) is 34.8 Å². The summed E-state index contributed by atoms with van der Waals surface area (Å²) in [7, 11) is 1.48. The predicted octanol–water partition coefficient (Wildman–Crippen LogP) is 4.18. The zero-order valence-corrected chi connectivity index (χ0v) is 14.8. The van der Waals surface area contributed by atoms with E-state index in [0.717, 1.165) is 0 Å². The SMILES string of the molecule is COc1c(Cl)cc(Cl)cc1C=NNC(=O)COc1ccc(Cl)cc1. The lowest BCUT2D eigenvalue weighted by Crippen LogP contribution is -2.24. The Kier molecular flexibility index (Phi) is 6.73. The summed E-state index contributed by atoms with van der Waals surface area (Å²) in [6.07, 6.45) is 1.39. The first-order chi connectivity index (χ1) is 11.5. The number of rotatable bonds is 6.